The molecule has 0 saturated heterocycles. The van der Waals surface area contributed by atoms with Crippen LogP contribution >= 0.6 is 0 Å². The van der Waals surface area contributed by atoms with E-state index in [0.29, 0.717) is 23.5 Å². The second-order valence-electron chi connectivity index (χ2n) is 4.27. The number of hydrogen-bond acceptors (Lipinski definition) is 3. The Morgan fingerprint density at radius 2 is 1.55 bits per heavy atom. The van der Waals surface area contributed by atoms with E-state index in [0.717, 1.165) is 0 Å². The fourth-order valence-corrected chi connectivity index (χ4v) is 1.77. The second-order valence-corrected chi connectivity index (χ2v) is 4.27. The molecule has 0 radical (unpaired) electrons. The van der Waals surface area contributed by atoms with Crippen LogP contribution in [0.3, 0.4) is 0 Å². The molecule has 2 aromatic carbocycles. The molecule has 0 saturated carbocycles. The molecule has 3 nitrogen and oxygen atoms in total. The number of benzene rings is 2. The Kier molecular flexibility index (Phi) is 4.53. The third-order valence-corrected chi connectivity index (χ3v) is 2.95. The third kappa shape index (κ3) is 3.24. The Bertz CT molecular complexity index is 562. The third-order valence-electron chi connectivity index (χ3n) is 2.95. The van der Waals surface area contributed by atoms with Crippen LogP contribution in [0.4, 0.5) is 8.78 Å². The second kappa shape index (κ2) is 6.34. The minimum Gasteiger partial charge on any atom is -0.489 e. The first-order chi connectivity index (χ1) is 9.63. The highest BCUT2D eigenvalue weighted by atomic mass is 19.1. The number of nitrogens with two attached hydrogens (primary N) is 1. The molecule has 0 heterocycles. The Morgan fingerprint density at radius 1 is 1.00 bits per heavy atom. The Balaban J connectivity index is 2.10. The van der Waals surface area contributed by atoms with Crippen LogP contribution in [0.1, 0.15) is 18.1 Å². The number of aryl methyl sites for hydroxylation is 1. The highest BCUT2D eigenvalue weighted by Crippen LogP contribution is 2.21. The van der Waals surface area contributed by atoms with E-state index in [1.54, 1.807) is 24.3 Å². The van der Waals surface area contributed by atoms with Crippen molar-refractivity contribution in [3.63, 3.8) is 0 Å². The lowest BCUT2D eigenvalue weighted by Gasteiger charge is -2.10. The van der Waals surface area contributed by atoms with E-state index < -0.39 is 11.6 Å². The van der Waals surface area contributed by atoms with Gasteiger partial charge in [0.15, 0.2) is 0 Å². The van der Waals surface area contributed by atoms with Crippen LogP contribution in [0.5, 0.6) is 11.5 Å². The van der Waals surface area contributed by atoms with Crippen LogP contribution in [-0.2, 0) is 13.0 Å². The molecular formula is C15H15F2NO2. The number of halogens is 2. The lowest BCUT2D eigenvalue weighted by Crippen LogP contribution is -2.04. The van der Waals surface area contributed by atoms with Crippen molar-refractivity contribution in [2.45, 2.75) is 20.0 Å². The van der Waals surface area contributed by atoms with Gasteiger partial charge in [-0.2, -0.15) is 5.90 Å². The zero-order valence-electron chi connectivity index (χ0n) is 11.0. The van der Waals surface area contributed by atoms with Crippen molar-refractivity contribution < 1.29 is 18.4 Å². The number of hydrogen-bond donors (Lipinski definition) is 1. The fraction of sp³-hybridized carbons (Fsp3) is 0.200. The van der Waals surface area contributed by atoms with Crippen molar-refractivity contribution in [3.8, 4) is 11.5 Å². The summed E-state index contributed by atoms with van der Waals surface area (Å²) < 4.78 is 32.9. The molecule has 2 rings (SSSR count). The van der Waals surface area contributed by atoms with E-state index in [1.807, 2.05) is 6.92 Å². The molecule has 0 aromatic heterocycles. The van der Waals surface area contributed by atoms with Crippen molar-refractivity contribution >= 4 is 0 Å². The Morgan fingerprint density at radius 3 is 2.05 bits per heavy atom. The minimum atomic E-state index is -0.594. The topological polar surface area (TPSA) is 44.5 Å². The first kappa shape index (κ1) is 14.3. The monoisotopic (exact) mass is 279 g/mol. The summed E-state index contributed by atoms with van der Waals surface area (Å²) >= 11 is 0. The smallest absolute Gasteiger partial charge is 0.147 e. The number of ether oxygens (including phenoxy) is 1. The highest BCUT2D eigenvalue weighted by molar-refractivity contribution is 5.32. The average Bonchev–Trinajstić information content (AvgIpc) is 2.46. The summed E-state index contributed by atoms with van der Waals surface area (Å²) in [6.45, 7) is 1.66. The van der Waals surface area contributed by atoms with Gasteiger partial charge in [0.1, 0.15) is 29.7 Å². The van der Waals surface area contributed by atoms with Crippen LogP contribution in [0.2, 0.25) is 0 Å². The molecule has 0 aliphatic heterocycles. The normalized spacial score (nSPS) is 10.4. The largest absolute Gasteiger partial charge is 0.489 e. The minimum absolute atomic E-state index is 0.0821. The maximum Gasteiger partial charge on any atom is 0.147 e. The molecule has 0 aliphatic carbocycles. The molecule has 0 unspecified atom stereocenters. The summed E-state index contributed by atoms with van der Waals surface area (Å²) in [6, 6.07) is 9.07. The van der Waals surface area contributed by atoms with Crippen LogP contribution in [0.15, 0.2) is 36.4 Å². The molecule has 2 aromatic rings. The molecule has 0 fully saturated rings. The summed E-state index contributed by atoms with van der Waals surface area (Å²) in [5.74, 6) is 4.75. The maximum atomic E-state index is 13.8. The van der Waals surface area contributed by atoms with Crippen molar-refractivity contribution in [3.05, 3.63) is 59.2 Å². The van der Waals surface area contributed by atoms with Crippen LogP contribution in [0.25, 0.3) is 0 Å². The molecule has 0 spiro atoms. The zero-order chi connectivity index (χ0) is 14.5. The Hall–Kier alpha value is -2.14. The van der Waals surface area contributed by atoms with Gasteiger partial charge in [0.05, 0.1) is 5.56 Å². The summed E-state index contributed by atoms with van der Waals surface area (Å²) in [4.78, 5) is 4.52. The van der Waals surface area contributed by atoms with Gasteiger partial charge in [-0.25, -0.2) is 8.78 Å². The summed E-state index contributed by atoms with van der Waals surface area (Å²) in [6.07, 6.45) is 0.579. The lowest BCUT2D eigenvalue weighted by atomic mass is 10.1. The molecule has 2 N–H and O–H groups in total. The van der Waals surface area contributed by atoms with Gasteiger partial charge in [-0.05, 0) is 48.4 Å². The van der Waals surface area contributed by atoms with Gasteiger partial charge >= 0.3 is 0 Å². The van der Waals surface area contributed by atoms with Gasteiger partial charge in [0.25, 0.3) is 0 Å². The zero-order valence-corrected chi connectivity index (χ0v) is 11.0. The van der Waals surface area contributed by atoms with Crippen LogP contribution in [-0.4, -0.2) is 0 Å². The number of rotatable bonds is 5. The predicted octanol–water partition coefficient (Wildman–Crippen LogP) is 3.36. The van der Waals surface area contributed by atoms with Gasteiger partial charge in [-0.1, -0.05) is 6.92 Å². The van der Waals surface area contributed by atoms with Gasteiger partial charge in [0.2, 0.25) is 0 Å². The van der Waals surface area contributed by atoms with E-state index in [2.05, 4.69) is 4.84 Å². The van der Waals surface area contributed by atoms with E-state index >= 15 is 0 Å². The standard InChI is InChI=1S/C15H15F2NO2/c1-2-10-7-14(16)13(15(17)8-10)9-19-11-3-5-12(20-18)6-4-11/h3-8H,2,9,18H2,1H3. The molecule has 0 amide bonds. The predicted molar refractivity (Wildman–Crippen MR) is 71.3 cm³/mol. The first-order valence-corrected chi connectivity index (χ1v) is 6.20. The summed E-state index contributed by atoms with van der Waals surface area (Å²) in [5, 5.41) is 0. The van der Waals surface area contributed by atoms with E-state index in [9.17, 15) is 8.78 Å². The maximum absolute atomic E-state index is 13.8. The van der Waals surface area contributed by atoms with E-state index in [-0.39, 0.29) is 12.2 Å². The first-order valence-electron chi connectivity index (χ1n) is 6.20. The van der Waals surface area contributed by atoms with Crippen LogP contribution in [0, 0.1) is 11.6 Å². The average molecular weight is 279 g/mol. The molecule has 0 aliphatic rings. The van der Waals surface area contributed by atoms with Crippen molar-refractivity contribution in [1.29, 1.82) is 0 Å². The lowest BCUT2D eigenvalue weighted by molar-refractivity contribution is 0.290. The highest BCUT2D eigenvalue weighted by Gasteiger charge is 2.11. The molecule has 5 heteroatoms. The van der Waals surface area contributed by atoms with Crippen LogP contribution < -0.4 is 15.5 Å². The molecule has 0 atom stereocenters. The van der Waals surface area contributed by atoms with Gasteiger partial charge in [0, 0.05) is 0 Å². The Labute approximate surface area is 115 Å². The molecular weight excluding hydrogens is 264 g/mol. The quantitative estimate of drug-likeness (QED) is 0.853. The fourth-order valence-electron chi connectivity index (χ4n) is 1.77. The van der Waals surface area contributed by atoms with Crippen molar-refractivity contribution in [2.75, 3.05) is 0 Å². The molecule has 106 valence electrons. The van der Waals surface area contributed by atoms with E-state index in [1.165, 1.54) is 12.1 Å². The van der Waals surface area contributed by atoms with Crippen molar-refractivity contribution in [2.24, 2.45) is 5.90 Å². The molecule has 20 heavy (non-hydrogen) atoms. The summed E-state index contributed by atoms with van der Waals surface area (Å²) in [7, 11) is 0. The van der Waals surface area contributed by atoms with Gasteiger partial charge < -0.3 is 9.57 Å². The van der Waals surface area contributed by atoms with Gasteiger partial charge in [-0.15, -0.1) is 0 Å². The van der Waals surface area contributed by atoms with E-state index in [4.69, 9.17) is 10.6 Å². The SMILES string of the molecule is CCc1cc(F)c(COc2ccc(ON)cc2)c(F)c1. The van der Waals surface area contributed by atoms with Crippen molar-refractivity contribution in [1.82, 2.24) is 0 Å². The van der Waals surface area contributed by atoms with Gasteiger partial charge in [-0.3, -0.25) is 0 Å². The summed E-state index contributed by atoms with van der Waals surface area (Å²) in [5.41, 5.74) is 0.537. The molecule has 0 bridgehead atoms.